The number of ether oxygens (including phenoxy) is 3. The first kappa shape index (κ1) is 26.3. The zero-order valence-corrected chi connectivity index (χ0v) is 21.3. The topological polar surface area (TPSA) is 85.2 Å². The van der Waals surface area contributed by atoms with Crippen LogP contribution in [0.3, 0.4) is 0 Å². The lowest BCUT2D eigenvalue weighted by Crippen LogP contribution is -2.31. The minimum atomic E-state index is -0.945. The van der Waals surface area contributed by atoms with E-state index in [4.69, 9.17) is 14.2 Å². The number of aliphatic carboxylic acids is 1. The van der Waals surface area contributed by atoms with Gasteiger partial charge in [0.1, 0.15) is 28.8 Å². The normalized spacial score (nSPS) is 14.5. The molecule has 3 aromatic rings. The Bertz CT molecular complexity index is 1240. The number of carbonyl (C=O) groups is 1. The molecule has 3 aromatic carbocycles. The van der Waals surface area contributed by atoms with Crippen molar-refractivity contribution in [3.05, 3.63) is 71.0 Å². The van der Waals surface area contributed by atoms with Crippen LogP contribution < -0.4 is 14.2 Å². The Balaban J connectivity index is 1.38. The average molecular weight is 509 g/mol. The van der Waals surface area contributed by atoms with Crippen LogP contribution in [0.25, 0.3) is 11.1 Å². The first-order valence-electron chi connectivity index (χ1n) is 12.8. The van der Waals surface area contributed by atoms with Crippen molar-refractivity contribution < 1.29 is 33.6 Å². The summed E-state index contributed by atoms with van der Waals surface area (Å²) in [5, 5.41) is 20.2. The Labute approximate surface area is 216 Å². The Morgan fingerprint density at radius 3 is 2.32 bits per heavy atom. The standard InChI is InChI=1S/C30H33FO6/c1-3-6-24-26(14-9-20-10-15-27(30(33)34)37-29(20)24)36-18-5-17-35-25-16-13-23(28(32)22(25)4-2)19-7-11-21(31)12-8-19/h7-9,11-14,16,27,32H,3-6,10,15,17-18H2,1-2H3,(H,33,34). The Hall–Kier alpha value is -3.74. The molecule has 7 heteroatoms. The van der Waals surface area contributed by atoms with Gasteiger partial charge in [0, 0.05) is 23.1 Å². The zero-order chi connectivity index (χ0) is 26.4. The molecule has 0 bridgehead atoms. The van der Waals surface area contributed by atoms with E-state index in [-0.39, 0.29) is 11.6 Å². The molecule has 0 radical (unpaired) electrons. The lowest BCUT2D eigenvalue weighted by molar-refractivity contribution is -0.145. The number of hydrogen-bond donors (Lipinski definition) is 2. The molecule has 1 aliphatic rings. The number of phenols is 1. The zero-order valence-electron chi connectivity index (χ0n) is 21.3. The number of aryl methyl sites for hydroxylation is 1. The van der Waals surface area contributed by atoms with Crippen molar-refractivity contribution in [1.29, 1.82) is 0 Å². The molecule has 4 rings (SSSR count). The van der Waals surface area contributed by atoms with E-state index in [1.807, 2.05) is 25.1 Å². The smallest absolute Gasteiger partial charge is 0.344 e. The summed E-state index contributed by atoms with van der Waals surface area (Å²) in [5.74, 6) is 0.844. The van der Waals surface area contributed by atoms with Crippen molar-refractivity contribution in [2.24, 2.45) is 0 Å². The number of hydrogen-bond acceptors (Lipinski definition) is 5. The van der Waals surface area contributed by atoms with Crippen LogP contribution in [-0.2, 0) is 24.1 Å². The minimum absolute atomic E-state index is 0.140. The van der Waals surface area contributed by atoms with Crippen LogP contribution in [0.1, 0.15) is 49.8 Å². The predicted molar refractivity (Wildman–Crippen MR) is 139 cm³/mol. The quantitative estimate of drug-likeness (QED) is 0.294. The molecule has 0 saturated heterocycles. The summed E-state index contributed by atoms with van der Waals surface area (Å²) in [6.45, 7) is 4.82. The SMILES string of the molecule is CCCc1c(OCCCOc2ccc(-c3ccc(F)cc3)c(O)c2CC)ccc2c1OC(C(=O)O)CC2. The van der Waals surface area contributed by atoms with E-state index in [9.17, 15) is 19.4 Å². The van der Waals surface area contributed by atoms with Crippen molar-refractivity contribution in [3.8, 4) is 34.1 Å². The van der Waals surface area contributed by atoms with Gasteiger partial charge in [-0.05, 0) is 67.1 Å². The van der Waals surface area contributed by atoms with E-state index >= 15 is 0 Å². The number of carboxylic acids is 1. The van der Waals surface area contributed by atoms with E-state index in [1.165, 1.54) is 12.1 Å². The maximum atomic E-state index is 13.3. The minimum Gasteiger partial charge on any atom is -0.507 e. The predicted octanol–water partition coefficient (Wildman–Crippen LogP) is 6.34. The van der Waals surface area contributed by atoms with Crippen LogP contribution >= 0.6 is 0 Å². The Kier molecular flexibility index (Phi) is 8.54. The van der Waals surface area contributed by atoms with Crippen LogP contribution in [0.2, 0.25) is 0 Å². The van der Waals surface area contributed by atoms with Crippen molar-refractivity contribution in [3.63, 3.8) is 0 Å². The largest absolute Gasteiger partial charge is 0.507 e. The first-order valence-corrected chi connectivity index (χ1v) is 12.8. The van der Waals surface area contributed by atoms with E-state index in [1.54, 1.807) is 18.2 Å². The number of aromatic hydroxyl groups is 1. The van der Waals surface area contributed by atoms with Crippen molar-refractivity contribution in [2.75, 3.05) is 13.2 Å². The van der Waals surface area contributed by atoms with Crippen molar-refractivity contribution in [2.45, 2.75) is 58.5 Å². The second kappa shape index (κ2) is 12.0. The van der Waals surface area contributed by atoms with Gasteiger partial charge in [-0.2, -0.15) is 0 Å². The number of rotatable bonds is 11. The van der Waals surface area contributed by atoms with Gasteiger partial charge in [0.2, 0.25) is 0 Å². The van der Waals surface area contributed by atoms with E-state index in [2.05, 4.69) is 6.92 Å². The molecule has 0 amide bonds. The number of phenolic OH excluding ortho intramolecular Hbond substituents is 1. The molecule has 0 spiro atoms. The van der Waals surface area contributed by atoms with Crippen LogP contribution in [0, 0.1) is 5.82 Å². The molecule has 196 valence electrons. The summed E-state index contributed by atoms with van der Waals surface area (Å²) in [5.41, 5.74) is 4.01. The molecule has 1 atom stereocenters. The highest BCUT2D eigenvalue weighted by Crippen LogP contribution is 2.39. The second-order valence-electron chi connectivity index (χ2n) is 9.11. The van der Waals surface area contributed by atoms with E-state index in [0.717, 1.165) is 29.5 Å². The molecule has 1 heterocycles. The van der Waals surface area contributed by atoms with Crippen LogP contribution in [0.4, 0.5) is 4.39 Å². The third-order valence-electron chi connectivity index (χ3n) is 6.56. The number of benzene rings is 3. The molecule has 1 aliphatic heterocycles. The highest BCUT2D eigenvalue weighted by molar-refractivity contribution is 5.74. The fraction of sp³-hybridized carbons (Fsp3) is 0.367. The van der Waals surface area contributed by atoms with E-state index in [0.29, 0.717) is 67.3 Å². The molecule has 6 nitrogen and oxygen atoms in total. The summed E-state index contributed by atoms with van der Waals surface area (Å²) in [6.07, 6.45) is 3.12. The third-order valence-corrected chi connectivity index (χ3v) is 6.56. The number of halogens is 1. The Morgan fingerprint density at radius 2 is 1.68 bits per heavy atom. The molecule has 0 saturated carbocycles. The third kappa shape index (κ3) is 5.98. The molecule has 0 fully saturated rings. The van der Waals surface area contributed by atoms with Gasteiger partial charge in [0.05, 0.1) is 13.2 Å². The maximum Gasteiger partial charge on any atom is 0.344 e. The Morgan fingerprint density at radius 1 is 1.00 bits per heavy atom. The summed E-state index contributed by atoms with van der Waals surface area (Å²) < 4.78 is 31.2. The first-order chi connectivity index (χ1) is 17.9. The van der Waals surface area contributed by atoms with E-state index < -0.39 is 12.1 Å². The van der Waals surface area contributed by atoms with Crippen molar-refractivity contribution >= 4 is 5.97 Å². The second-order valence-corrected chi connectivity index (χ2v) is 9.11. The number of fused-ring (bicyclic) bond motifs is 1. The fourth-order valence-electron chi connectivity index (χ4n) is 4.67. The molecular weight excluding hydrogens is 475 g/mol. The summed E-state index contributed by atoms with van der Waals surface area (Å²) in [6, 6.07) is 13.5. The van der Waals surface area contributed by atoms with Gasteiger partial charge in [-0.3, -0.25) is 0 Å². The van der Waals surface area contributed by atoms with Gasteiger partial charge in [0.25, 0.3) is 0 Å². The highest BCUT2D eigenvalue weighted by atomic mass is 19.1. The average Bonchev–Trinajstić information content (AvgIpc) is 2.90. The van der Waals surface area contributed by atoms with Gasteiger partial charge < -0.3 is 24.4 Å². The van der Waals surface area contributed by atoms with Crippen LogP contribution in [0.15, 0.2) is 48.5 Å². The van der Waals surface area contributed by atoms with Gasteiger partial charge in [-0.15, -0.1) is 0 Å². The van der Waals surface area contributed by atoms with Gasteiger partial charge >= 0.3 is 5.97 Å². The highest BCUT2D eigenvalue weighted by Gasteiger charge is 2.28. The lowest BCUT2D eigenvalue weighted by Gasteiger charge is -2.26. The summed E-state index contributed by atoms with van der Waals surface area (Å²) in [4.78, 5) is 11.4. The van der Waals surface area contributed by atoms with Gasteiger partial charge in [-0.25, -0.2) is 9.18 Å². The molecular formula is C30H33FO6. The molecule has 1 unspecified atom stereocenters. The van der Waals surface area contributed by atoms with Crippen LogP contribution in [-0.4, -0.2) is 35.5 Å². The maximum absolute atomic E-state index is 13.3. The lowest BCUT2D eigenvalue weighted by atomic mass is 9.96. The fourth-order valence-corrected chi connectivity index (χ4v) is 4.67. The monoisotopic (exact) mass is 508 g/mol. The van der Waals surface area contributed by atoms with Crippen molar-refractivity contribution in [1.82, 2.24) is 0 Å². The summed E-state index contributed by atoms with van der Waals surface area (Å²) in [7, 11) is 0. The molecule has 2 N–H and O–H groups in total. The number of carboxylic acid groups (broad SMARTS) is 1. The molecule has 0 aliphatic carbocycles. The van der Waals surface area contributed by atoms with Crippen LogP contribution in [0.5, 0.6) is 23.0 Å². The summed E-state index contributed by atoms with van der Waals surface area (Å²) >= 11 is 0. The molecule has 0 aromatic heterocycles. The van der Waals surface area contributed by atoms with Gasteiger partial charge in [-0.1, -0.05) is 38.5 Å². The van der Waals surface area contributed by atoms with Gasteiger partial charge in [0.15, 0.2) is 6.10 Å². The molecule has 37 heavy (non-hydrogen) atoms.